The van der Waals surface area contributed by atoms with E-state index >= 15 is 0 Å². The van der Waals surface area contributed by atoms with Crippen molar-refractivity contribution in [2.45, 2.75) is 24.7 Å². The molecule has 5 heteroatoms. The predicted octanol–water partition coefficient (Wildman–Crippen LogP) is -1.61. The average molecular weight is 152 g/mol. The Labute approximate surface area is 56.9 Å². The van der Waals surface area contributed by atoms with Crippen molar-refractivity contribution >= 4 is 0 Å². The van der Waals surface area contributed by atoms with Gasteiger partial charge in [-0.05, 0) is 0 Å². The van der Waals surface area contributed by atoms with Gasteiger partial charge >= 0.3 is 0 Å². The van der Waals surface area contributed by atoms with Crippen LogP contribution in [0.1, 0.15) is 0 Å². The summed E-state index contributed by atoms with van der Waals surface area (Å²) in [7, 11) is 0. The van der Waals surface area contributed by atoms with Gasteiger partial charge in [-0.3, -0.25) is 0 Å². The van der Waals surface area contributed by atoms with Crippen molar-refractivity contribution in [2.75, 3.05) is 6.61 Å². The molecule has 10 heavy (non-hydrogen) atoms. The maximum atomic E-state index is 12.4. The van der Waals surface area contributed by atoms with Gasteiger partial charge in [0.25, 0.3) is 0 Å². The quantitative estimate of drug-likeness (QED) is 0.391. The van der Waals surface area contributed by atoms with E-state index in [0.717, 1.165) is 0 Å². The summed E-state index contributed by atoms with van der Waals surface area (Å²) in [5, 5.41) is 26.2. The van der Waals surface area contributed by atoms with Gasteiger partial charge in [0.2, 0.25) is 0 Å². The number of ether oxygens (including phenoxy) is 1. The van der Waals surface area contributed by atoms with E-state index in [1.165, 1.54) is 0 Å². The average Bonchev–Trinajstić information content (AvgIpc) is 1.93. The fourth-order valence-corrected chi connectivity index (χ4v) is 0.770. The van der Waals surface area contributed by atoms with Crippen molar-refractivity contribution in [1.82, 2.24) is 0 Å². The van der Waals surface area contributed by atoms with E-state index in [2.05, 4.69) is 4.74 Å². The van der Waals surface area contributed by atoms with Gasteiger partial charge in [-0.15, -0.1) is 0 Å². The molecule has 0 radical (unpaired) electrons. The van der Waals surface area contributed by atoms with Crippen LogP contribution in [0, 0.1) is 0 Å². The lowest BCUT2D eigenvalue weighted by atomic mass is 10.1. The van der Waals surface area contributed by atoms with Crippen LogP contribution < -0.4 is 0 Å². The molecular formula is C5H9FO4. The summed E-state index contributed by atoms with van der Waals surface area (Å²) in [4.78, 5) is 0. The highest BCUT2D eigenvalue weighted by Gasteiger charge is 2.37. The SMILES string of the molecule is OC1OC[C@@H](F)[C@H](O)[C@H]1O. The lowest BCUT2D eigenvalue weighted by molar-refractivity contribution is -0.240. The van der Waals surface area contributed by atoms with Gasteiger partial charge in [0.15, 0.2) is 12.5 Å². The lowest BCUT2D eigenvalue weighted by Gasteiger charge is -2.30. The van der Waals surface area contributed by atoms with Crippen LogP contribution in [-0.4, -0.2) is 46.6 Å². The molecule has 0 spiro atoms. The van der Waals surface area contributed by atoms with Gasteiger partial charge in [-0.25, -0.2) is 4.39 Å². The van der Waals surface area contributed by atoms with Crippen molar-refractivity contribution in [2.24, 2.45) is 0 Å². The number of aliphatic hydroxyl groups excluding tert-OH is 3. The summed E-state index contributed by atoms with van der Waals surface area (Å²) < 4.78 is 16.7. The predicted molar refractivity (Wildman–Crippen MR) is 28.9 cm³/mol. The Hall–Kier alpha value is -0.230. The number of hydrogen-bond acceptors (Lipinski definition) is 4. The zero-order chi connectivity index (χ0) is 7.72. The number of halogens is 1. The second-order valence-corrected chi connectivity index (χ2v) is 2.22. The third kappa shape index (κ3) is 1.27. The van der Waals surface area contributed by atoms with Crippen LogP contribution in [-0.2, 0) is 4.74 Å². The fourth-order valence-electron chi connectivity index (χ4n) is 0.770. The van der Waals surface area contributed by atoms with E-state index in [-0.39, 0.29) is 6.61 Å². The smallest absolute Gasteiger partial charge is 0.183 e. The summed E-state index contributed by atoms with van der Waals surface area (Å²) in [6.07, 6.45) is -6.16. The first-order valence-electron chi connectivity index (χ1n) is 2.93. The summed E-state index contributed by atoms with van der Waals surface area (Å²) in [5.74, 6) is 0. The van der Waals surface area contributed by atoms with Crippen molar-refractivity contribution in [3.8, 4) is 0 Å². The van der Waals surface area contributed by atoms with Crippen LogP contribution in [0.4, 0.5) is 4.39 Å². The first-order valence-corrected chi connectivity index (χ1v) is 2.93. The summed E-state index contributed by atoms with van der Waals surface area (Å²) in [5.41, 5.74) is 0. The third-order valence-electron chi connectivity index (χ3n) is 1.44. The van der Waals surface area contributed by atoms with E-state index in [4.69, 9.17) is 15.3 Å². The zero-order valence-corrected chi connectivity index (χ0v) is 5.14. The highest BCUT2D eigenvalue weighted by Crippen LogP contribution is 2.15. The van der Waals surface area contributed by atoms with Gasteiger partial charge in [-0.2, -0.15) is 0 Å². The molecule has 1 rings (SSSR count). The molecule has 0 bridgehead atoms. The molecule has 0 aromatic heterocycles. The molecule has 1 unspecified atom stereocenters. The Kier molecular flexibility index (Phi) is 2.20. The van der Waals surface area contributed by atoms with Gasteiger partial charge in [0.1, 0.15) is 12.2 Å². The highest BCUT2D eigenvalue weighted by molar-refractivity contribution is 4.81. The molecule has 0 amide bonds. The maximum absolute atomic E-state index is 12.4. The van der Waals surface area contributed by atoms with Crippen LogP contribution in [0.3, 0.4) is 0 Å². The highest BCUT2D eigenvalue weighted by atomic mass is 19.1. The molecule has 4 nitrogen and oxygen atoms in total. The molecule has 1 aliphatic rings. The molecule has 60 valence electrons. The van der Waals surface area contributed by atoms with Crippen LogP contribution in [0.15, 0.2) is 0 Å². The van der Waals surface area contributed by atoms with Crippen LogP contribution in [0.2, 0.25) is 0 Å². The second kappa shape index (κ2) is 2.79. The van der Waals surface area contributed by atoms with Crippen molar-refractivity contribution in [3.63, 3.8) is 0 Å². The minimum Gasteiger partial charge on any atom is -0.387 e. The van der Waals surface area contributed by atoms with E-state index in [0.29, 0.717) is 0 Å². The Morgan fingerprint density at radius 2 is 1.80 bits per heavy atom. The first kappa shape index (κ1) is 7.87. The summed E-state index contributed by atoms with van der Waals surface area (Å²) >= 11 is 0. The fraction of sp³-hybridized carbons (Fsp3) is 1.00. The van der Waals surface area contributed by atoms with E-state index in [9.17, 15) is 4.39 Å². The number of aliphatic hydroxyl groups is 3. The molecule has 1 aliphatic heterocycles. The first-order chi connectivity index (χ1) is 4.63. The standard InChI is InChI=1S/C5H9FO4/c6-2-1-10-5(9)4(8)3(2)7/h2-5,7-9H,1H2/t2-,3+,4-,5?/m1/s1. The van der Waals surface area contributed by atoms with Gasteiger partial charge in [0.05, 0.1) is 6.61 Å². The van der Waals surface area contributed by atoms with Crippen molar-refractivity contribution in [1.29, 1.82) is 0 Å². The molecule has 1 saturated heterocycles. The third-order valence-corrected chi connectivity index (χ3v) is 1.44. The van der Waals surface area contributed by atoms with Gasteiger partial charge < -0.3 is 20.1 Å². The van der Waals surface area contributed by atoms with Gasteiger partial charge in [-0.1, -0.05) is 0 Å². The number of alkyl halides is 1. The zero-order valence-electron chi connectivity index (χ0n) is 5.14. The summed E-state index contributed by atoms with van der Waals surface area (Å²) in [6, 6.07) is 0. The monoisotopic (exact) mass is 152 g/mol. The molecule has 1 fully saturated rings. The van der Waals surface area contributed by atoms with Crippen LogP contribution in [0.5, 0.6) is 0 Å². The number of hydrogen-bond donors (Lipinski definition) is 3. The van der Waals surface area contributed by atoms with E-state index in [1.54, 1.807) is 0 Å². The molecule has 0 aliphatic carbocycles. The lowest BCUT2D eigenvalue weighted by Crippen LogP contribution is -2.51. The molecule has 0 aromatic rings. The van der Waals surface area contributed by atoms with E-state index in [1.807, 2.05) is 0 Å². The Balaban J connectivity index is 2.52. The second-order valence-electron chi connectivity index (χ2n) is 2.22. The molecule has 0 aromatic carbocycles. The number of rotatable bonds is 0. The normalized spacial score (nSPS) is 49.2. The molecule has 3 N–H and O–H groups in total. The Morgan fingerprint density at radius 1 is 1.20 bits per heavy atom. The Bertz CT molecular complexity index is 106. The van der Waals surface area contributed by atoms with E-state index < -0.39 is 24.7 Å². The molecule has 0 saturated carbocycles. The largest absolute Gasteiger partial charge is 0.387 e. The minimum absolute atomic E-state index is 0.376. The Morgan fingerprint density at radius 3 is 2.30 bits per heavy atom. The topological polar surface area (TPSA) is 69.9 Å². The van der Waals surface area contributed by atoms with Crippen LogP contribution >= 0.6 is 0 Å². The minimum atomic E-state index is -1.61. The molecule has 1 heterocycles. The molecular weight excluding hydrogens is 143 g/mol. The van der Waals surface area contributed by atoms with Crippen molar-refractivity contribution in [3.05, 3.63) is 0 Å². The molecule has 4 atom stereocenters. The van der Waals surface area contributed by atoms with Crippen LogP contribution in [0.25, 0.3) is 0 Å². The van der Waals surface area contributed by atoms with Gasteiger partial charge in [0, 0.05) is 0 Å². The van der Waals surface area contributed by atoms with Crippen molar-refractivity contribution < 1.29 is 24.4 Å². The summed E-state index contributed by atoms with van der Waals surface area (Å²) in [6.45, 7) is -0.376. The maximum Gasteiger partial charge on any atom is 0.183 e.